The van der Waals surface area contributed by atoms with Crippen LogP contribution in [0.5, 0.6) is 0 Å². The topological polar surface area (TPSA) is 58.1 Å². The fourth-order valence-electron chi connectivity index (χ4n) is 2.74. The summed E-state index contributed by atoms with van der Waals surface area (Å²) in [7, 11) is 0. The zero-order valence-corrected chi connectivity index (χ0v) is 14.1. The Morgan fingerprint density at radius 1 is 1.36 bits per heavy atom. The number of amides is 1. The molecule has 1 aliphatic heterocycles. The number of aromatic nitrogens is 2. The molecule has 3 rings (SSSR count). The van der Waals surface area contributed by atoms with Crippen LogP contribution in [0.15, 0.2) is 29.2 Å². The van der Waals surface area contributed by atoms with Crippen LogP contribution in [0.3, 0.4) is 0 Å². The predicted molar refractivity (Wildman–Crippen MR) is 88.4 cm³/mol. The van der Waals surface area contributed by atoms with Crippen LogP contribution in [0.2, 0.25) is 0 Å². The first-order valence-electron chi connectivity index (χ1n) is 7.86. The minimum Gasteiger partial charge on any atom is -0.356 e. The summed E-state index contributed by atoms with van der Waals surface area (Å²) in [6.07, 6.45) is -2.22. The Bertz CT molecular complexity index is 703. The van der Waals surface area contributed by atoms with Gasteiger partial charge in [-0.25, -0.2) is 9.97 Å². The minimum atomic E-state index is -4.39. The third-order valence-corrected chi connectivity index (χ3v) is 4.76. The van der Waals surface area contributed by atoms with Crippen molar-refractivity contribution in [1.82, 2.24) is 15.3 Å². The van der Waals surface area contributed by atoms with Crippen LogP contribution in [0.25, 0.3) is 0 Å². The molecule has 1 saturated heterocycles. The van der Waals surface area contributed by atoms with Crippen LogP contribution in [0.4, 0.5) is 19.0 Å². The van der Waals surface area contributed by atoms with E-state index >= 15 is 0 Å². The molecule has 3 heterocycles. The van der Waals surface area contributed by atoms with Gasteiger partial charge in [0, 0.05) is 37.6 Å². The lowest BCUT2D eigenvalue weighted by molar-refractivity contribution is -0.137. The standard InChI is InChI=1S/C16H17F3N4OS/c17-16(18,19)12-1-2-14(21-7-12)23-6-4-11(8-23)15(24)20-5-3-13-9-25-10-22-13/h1-2,7,9-11H,3-6,8H2,(H,20,24)/t11-/m0/s1. The van der Waals surface area contributed by atoms with Gasteiger partial charge in [0.05, 0.1) is 22.7 Å². The Kier molecular flexibility index (Phi) is 5.22. The molecular weight excluding hydrogens is 353 g/mol. The van der Waals surface area contributed by atoms with E-state index in [4.69, 9.17) is 0 Å². The number of carbonyl (C=O) groups excluding carboxylic acids is 1. The van der Waals surface area contributed by atoms with Crippen LogP contribution in [0, 0.1) is 5.92 Å². The third kappa shape index (κ3) is 4.47. The van der Waals surface area contributed by atoms with Crippen LogP contribution in [0.1, 0.15) is 17.7 Å². The zero-order chi connectivity index (χ0) is 17.9. The molecule has 2 aromatic heterocycles. The van der Waals surface area contributed by atoms with Gasteiger partial charge in [-0.2, -0.15) is 13.2 Å². The Hall–Kier alpha value is -2.16. The number of rotatable bonds is 5. The van der Waals surface area contributed by atoms with E-state index in [9.17, 15) is 18.0 Å². The highest BCUT2D eigenvalue weighted by Gasteiger charge is 2.32. The van der Waals surface area contributed by atoms with Crippen molar-refractivity contribution in [3.05, 3.63) is 40.5 Å². The minimum absolute atomic E-state index is 0.0374. The molecule has 1 N–H and O–H groups in total. The number of anilines is 1. The lowest BCUT2D eigenvalue weighted by atomic mass is 10.1. The molecule has 1 atom stereocenters. The van der Waals surface area contributed by atoms with Crippen molar-refractivity contribution < 1.29 is 18.0 Å². The van der Waals surface area contributed by atoms with E-state index in [-0.39, 0.29) is 11.8 Å². The van der Waals surface area contributed by atoms with Gasteiger partial charge in [-0.15, -0.1) is 11.3 Å². The molecule has 0 bridgehead atoms. The van der Waals surface area contributed by atoms with Gasteiger partial charge in [0.1, 0.15) is 5.82 Å². The van der Waals surface area contributed by atoms with Crippen molar-refractivity contribution in [2.45, 2.75) is 19.0 Å². The predicted octanol–water partition coefficient (Wildman–Crippen LogP) is 2.74. The molecule has 1 fully saturated rings. The van der Waals surface area contributed by atoms with Gasteiger partial charge < -0.3 is 10.2 Å². The average molecular weight is 370 g/mol. The highest BCUT2D eigenvalue weighted by Crippen LogP contribution is 2.30. The lowest BCUT2D eigenvalue weighted by Crippen LogP contribution is -2.34. The SMILES string of the molecule is O=C(NCCc1cscn1)[C@H]1CCN(c2ccc(C(F)(F)F)cn2)C1. The van der Waals surface area contributed by atoms with E-state index in [1.54, 1.807) is 5.51 Å². The molecule has 0 aliphatic carbocycles. The summed E-state index contributed by atoms with van der Waals surface area (Å²) in [4.78, 5) is 22.1. The van der Waals surface area contributed by atoms with Gasteiger partial charge in [-0.05, 0) is 18.6 Å². The van der Waals surface area contributed by atoms with Gasteiger partial charge in [0.2, 0.25) is 5.91 Å². The van der Waals surface area contributed by atoms with E-state index in [1.165, 1.54) is 17.4 Å². The van der Waals surface area contributed by atoms with Crippen LogP contribution < -0.4 is 10.2 Å². The van der Waals surface area contributed by atoms with Crippen molar-refractivity contribution in [3.8, 4) is 0 Å². The Balaban J connectivity index is 1.50. The Morgan fingerprint density at radius 2 is 2.20 bits per heavy atom. The highest BCUT2D eigenvalue weighted by molar-refractivity contribution is 7.07. The van der Waals surface area contributed by atoms with E-state index in [2.05, 4.69) is 15.3 Å². The third-order valence-electron chi connectivity index (χ3n) is 4.12. The normalized spacial score (nSPS) is 17.7. The van der Waals surface area contributed by atoms with Crippen LogP contribution in [-0.4, -0.2) is 35.5 Å². The summed E-state index contributed by atoms with van der Waals surface area (Å²) in [6.45, 7) is 1.58. The second-order valence-corrected chi connectivity index (χ2v) is 6.57. The summed E-state index contributed by atoms with van der Waals surface area (Å²) in [5.74, 6) is 0.245. The molecule has 0 unspecified atom stereocenters. The Labute approximate surface area is 146 Å². The number of nitrogens with zero attached hydrogens (tertiary/aromatic N) is 3. The highest BCUT2D eigenvalue weighted by atomic mass is 32.1. The zero-order valence-electron chi connectivity index (χ0n) is 13.3. The fraction of sp³-hybridized carbons (Fsp3) is 0.438. The Morgan fingerprint density at radius 3 is 2.84 bits per heavy atom. The fourth-order valence-corrected chi connectivity index (χ4v) is 3.34. The van der Waals surface area contributed by atoms with Gasteiger partial charge in [-0.1, -0.05) is 0 Å². The number of thiazole rings is 1. The number of carbonyl (C=O) groups is 1. The number of nitrogens with one attached hydrogen (secondary N) is 1. The number of alkyl halides is 3. The van der Waals surface area contributed by atoms with Crippen molar-refractivity contribution in [2.24, 2.45) is 5.92 Å². The van der Waals surface area contributed by atoms with Crippen molar-refractivity contribution in [3.63, 3.8) is 0 Å². The van der Waals surface area contributed by atoms with Crippen molar-refractivity contribution in [2.75, 3.05) is 24.5 Å². The van der Waals surface area contributed by atoms with Crippen LogP contribution >= 0.6 is 11.3 Å². The number of pyridine rings is 1. The van der Waals surface area contributed by atoms with E-state index < -0.39 is 11.7 Å². The first-order valence-corrected chi connectivity index (χ1v) is 8.81. The van der Waals surface area contributed by atoms with Crippen molar-refractivity contribution in [1.29, 1.82) is 0 Å². The largest absolute Gasteiger partial charge is 0.417 e. The molecule has 0 spiro atoms. The molecule has 2 aromatic rings. The maximum Gasteiger partial charge on any atom is 0.417 e. The molecule has 134 valence electrons. The van der Waals surface area contributed by atoms with Crippen LogP contribution in [-0.2, 0) is 17.4 Å². The van der Waals surface area contributed by atoms with Gasteiger partial charge in [-0.3, -0.25) is 4.79 Å². The maximum atomic E-state index is 12.6. The molecular formula is C16H17F3N4OS. The van der Waals surface area contributed by atoms with Gasteiger partial charge in [0.15, 0.2) is 0 Å². The molecule has 9 heteroatoms. The summed E-state index contributed by atoms with van der Waals surface area (Å²) in [5.41, 5.74) is 1.93. The summed E-state index contributed by atoms with van der Waals surface area (Å²) in [5, 5.41) is 4.84. The first kappa shape index (κ1) is 17.7. The molecule has 1 amide bonds. The maximum absolute atomic E-state index is 12.6. The number of hydrogen-bond acceptors (Lipinski definition) is 5. The summed E-state index contributed by atoms with van der Waals surface area (Å²) < 4.78 is 37.7. The molecule has 0 aromatic carbocycles. The average Bonchev–Trinajstić information content (AvgIpc) is 3.26. The number of halogens is 3. The lowest BCUT2D eigenvalue weighted by Gasteiger charge is -2.18. The summed E-state index contributed by atoms with van der Waals surface area (Å²) in [6, 6.07) is 2.37. The molecule has 0 radical (unpaired) electrons. The quantitative estimate of drug-likeness (QED) is 0.879. The molecule has 5 nitrogen and oxygen atoms in total. The molecule has 1 aliphatic rings. The summed E-state index contributed by atoms with van der Waals surface area (Å²) >= 11 is 1.52. The van der Waals surface area contributed by atoms with Gasteiger partial charge in [0.25, 0.3) is 0 Å². The molecule has 25 heavy (non-hydrogen) atoms. The monoisotopic (exact) mass is 370 g/mol. The molecule has 0 saturated carbocycles. The van der Waals surface area contributed by atoms with Crippen molar-refractivity contribution >= 4 is 23.1 Å². The van der Waals surface area contributed by atoms with Gasteiger partial charge >= 0.3 is 6.18 Å². The second kappa shape index (κ2) is 7.38. The smallest absolute Gasteiger partial charge is 0.356 e. The second-order valence-electron chi connectivity index (χ2n) is 5.86. The first-order chi connectivity index (χ1) is 11.9. The van der Waals surface area contributed by atoms with E-state index in [0.717, 1.165) is 18.0 Å². The van der Waals surface area contributed by atoms with E-state index in [1.807, 2.05) is 10.3 Å². The number of hydrogen-bond donors (Lipinski definition) is 1. The van der Waals surface area contributed by atoms with E-state index in [0.29, 0.717) is 38.3 Å².